The Morgan fingerprint density at radius 1 is 1.47 bits per heavy atom. The van der Waals surface area contributed by atoms with Crippen LogP contribution in [0.3, 0.4) is 0 Å². The fourth-order valence-electron chi connectivity index (χ4n) is 1.09. The van der Waals surface area contributed by atoms with Crippen LogP contribution in [0.5, 0.6) is 0 Å². The first-order valence-electron chi connectivity index (χ1n) is 4.91. The zero-order chi connectivity index (χ0) is 12.3. The van der Waals surface area contributed by atoms with E-state index in [1.165, 1.54) is 19.9 Å². The summed E-state index contributed by atoms with van der Waals surface area (Å²) in [5.74, 6) is -0.972. The molecule has 0 saturated carbocycles. The Balaban J connectivity index is 4.37. The van der Waals surface area contributed by atoms with Crippen LogP contribution in [0.4, 0.5) is 0 Å². The highest BCUT2D eigenvalue weighted by Gasteiger charge is 2.32. The van der Waals surface area contributed by atoms with Crippen molar-refractivity contribution in [3.05, 3.63) is 12.7 Å². The van der Waals surface area contributed by atoms with Crippen LogP contribution >= 0.6 is 0 Å². The van der Waals surface area contributed by atoms with E-state index in [-0.39, 0.29) is 12.8 Å². The van der Waals surface area contributed by atoms with Crippen molar-refractivity contribution in [2.75, 3.05) is 0 Å². The number of carboxylic acids is 1. The standard InChI is InChI=1S/C11H20O4/c1-5-11(4,9(13)14)7-6-8(12)10(2,3)15/h5,8,12,15H,1,6-7H2,2-4H3,(H,13,14)/t8-,11-/m1/s1. The van der Waals surface area contributed by atoms with Crippen LogP contribution in [-0.4, -0.2) is 33.0 Å². The maximum atomic E-state index is 10.9. The van der Waals surface area contributed by atoms with Gasteiger partial charge in [-0.25, -0.2) is 0 Å². The van der Waals surface area contributed by atoms with Gasteiger partial charge < -0.3 is 15.3 Å². The van der Waals surface area contributed by atoms with E-state index in [1.807, 2.05) is 0 Å². The third kappa shape index (κ3) is 4.01. The van der Waals surface area contributed by atoms with Crippen LogP contribution in [0, 0.1) is 5.41 Å². The fourth-order valence-corrected chi connectivity index (χ4v) is 1.09. The summed E-state index contributed by atoms with van der Waals surface area (Å²) in [6.45, 7) is 7.99. The van der Waals surface area contributed by atoms with Crippen LogP contribution in [0.1, 0.15) is 33.6 Å². The molecule has 0 aromatic rings. The van der Waals surface area contributed by atoms with E-state index in [9.17, 15) is 15.0 Å². The maximum absolute atomic E-state index is 10.9. The second-order valence-corrected chi connectivity index (χ2v) is 4.63. The molecule has 0 aromatic carbocycles. The van der Waals surface area contributed by atoms with E-state index in [4.69, 9.17) is 5.11 Å². The van der Waals surface area contributed by atoms with Crippen LogP contribution in [-0.2, 0) is 4.79 Å². The lowest BCUT2D eigenvalue weighted by molar-refractivity contribution is -0.146. The van der Waals surface area contributed by atoms with Gasteiger partial charge in [0.15, 0.2) is 0 Å². The Morgan fingerprint density at radius 2 is 1.93 bits per heavy atom. The number of hydrogen-bond acceptors (Lipinski definition) is 3. The molecule has 0 spiro atoms. The molecule has 0 fully saturated rings. The summed E-state index contributed by atoms with van der Waals surface area (Å²) in [7, 11) is 0. The summed E-state index contributed by atoms with van der Waals surface area (Å²) in [4.78, 5) is 10.9. The van der Waals surface area contributed by atoms with Crippen molar-refractivity contribution in [1.82, 2.24) is 0 Å². The van der Waals surface area contributed by atoms with Crippen molar-refractivity contribution in [2.24, 2.45) is 5.41 Å². The Kier molecular flexibility index (Phi) is 4.49. The van der Waals surface area contributed by atoms with E-state index >= 15 is 0 Å². The predicted octanol–water partition coefficient (Wildman–Crippen LogP) is 1.18. The average Bonchev–Trinajstić information content (AvgIpc) is 2.11. The molecule has 0 heterocycles. The van der Waals surface area contributed by atoms with Gasteiger partial charge in [-0.2, -0.15) is 0 Å². The fraction of sp³-hybridized carbons (Fsp3) is 0.727. The van der Waals surface area contributed by atoms with Gasteiger partial charge in [0.25, 0.3) is 0 Å². The molecule has 0 unspecified atom stereocenters. The largest absolute Gasteiger partial charge is 0.481 e. The van der Waals surface area contributed by atoms with Crippen molar-refractivity contribution in [3.8, 4) is 0 Å². The molecular formula is C11H20O4. The summed E-state index contributed by atoms with van der Waals surface area (Å²) in [6.07, 6.45) is 0.887. The van der Waals surface area contributed by atoms with E-state index < -0.39 is 23.1 Å². The van der Waals surface area contributed by atoms with E-state index in [0.29, 0.717) is 0 Å². The van der Waals surface area contributed by atoms with Gasteiger partial charge in [0, 0.05) is 0 Å². The number of carbonyl (C=O) groups is 1. The second kappa shape index (κ2) is 4.77. The smallest absolute Gasteiger partial charge is 0.313 e. The van der Waals surface area contributed by atoms with E-state index in [1.54, 1.807) is 6.92 Å². The molecule has 4 heteroatoms. The van der Waals surface area contributed by atoms with Gasteiger partial charge in [-0.3, -0.25) is 4.79 Å². The first-order valence-corrected chi connectivity index (χ1v) is 4.91. The Hall–Kier alpha value is -0.870. The molecule has 0 saturated heterocycles. The van der Waals surface area contributed by atoms with Gasteiger partial charge in [0.1, 0.15) is 0 Å². The molecule has 0 bridgehead atoms. The van der Waals surface area contributed by atoms with E-state index in [2.05, 4.69) is 6.58 Å². The molecule has 0 radical (unpaired) electrons. The second-order valence-electron chi connectivity index (χ2n) is 4.63. The predicted molar refractivity (Wildman–Crippen MR) is 57.5 cm³/mol. The maximum Gasteiger partial charge on any atom is 0.313 e. The Bertz CT molecular complexity index is 241. The lowest BCUT2D eigenvalue weighted by Crippen LogP contribution is -2.37. The van der Waals surface area contributed by atoms with Crippen LogP contribution in [0.2, 0.25) is 0 Å². The molecule has 15 heavy (non-hydrogen) atoms. The molecule has 0 aliphatic carbocycles. The highest BCUT2D eigenvalue weighted by molar-refractivity contribution is 5.76. The topological polar surface area (TPSA) is 77.8 Å². The zero-order valence-electron chi connectivity index (χ0n) is 9.53. The monoisotopic (exact) mass is 216 g/mol. The van der Waals surface area contributed by atoms with Crippen molar-refractivity contribution < 1.29 is 20.1 Å². The summed E-state index contributed by atoms with van der Waals surface area (Å²) >= 11 is 0. The Morgan fingerprint density at radius 3 is 2.20 bits per heavy atom. The summed E-state index contributed by atoms with van der Waals surface area (Å²) in [6, 6.07) is 0. The van der Waals surface area contributed by atoms with Crippen molar-refractivity contribution >= 4 is 5.97 Å². The average molecular weight is 216 g/mol. The van der Waals surface area contributed by atoms with Gasteiger partial charge in [-0.15, -0.1) is 6.58 Å². The lowest BCUT2D eigenvalue weighted by Gasteiger charge is -2.27. The lowest BCUT2D eigenvalue weighted by atomic mass is 9.83. The van der Waals surface area contributed by atoms with Crippen LogP contribution < -0.4 is 0 Å². The van der Waals surface area contributed by atoms with Gasteiger partial charge in [0.2, 0.25) is 0 Å². The highest BCUT2D eigenvalue weighted by atomic mass is 16.4. The molecule has 2 atom stereocenters. The molecule has 4 nitrogen and oxygen atoms in total. The quantitative estimate of drug-likeness (QED) is 0.582. The van der Waals surface area contributed by atoms with Crippen LogP contribution in [0.15, 0.2) is 12.7 Å². The van der Waals surface area contributed by atoms with Crippen LogP contribution in [0.25, 0.3) is 0 Å². The van der Waals surface area contributed by atoms with Gasteiger partial charge in [-0.05, 0) is 33.6 Å². The summed E-state index contributed by atoms with van der Waals surface area (Å²) < 4.78 is 0. The Labute approximate surface area is 90.2 Å². The molecule has 3 N–H and O–H groups in total. The van der Waals surface area contributed by atoms with E-state index in [0.717, 1.165) is 0 Å². The molecule has 0 aliphatic heterocycles. The first kappa shape index (κ1) is 14.1. The number of rotatable bonds is 6. The zero-order valence-corrected chi connectivity index (χ0v) is 9.53. The molecule has 0 amide bonds. The number of carboxylic acid groups (broad SMARTS) is 1. The number of aliphatic carboxylic acids is 1. The SMILES string of the molecule is C=C[C@](C)(CC[C@@H](O)C(C)(C)O)C(=O)O. The number of aliphatic hydroxyl groups is 2. The minimum atomic E-state index is -1.21. The normalized spacial score (nSPS) is 17.9. The molecule has 88 valence electrons. The number of aliphatic hydroxyl groups excluding tert-OH is 1. The van der Waals surface area contributed by atoms with Crippen molar-refractivity contribution in [3.63, 3.8) is 0 Å². The third-order valence-electron chi connectivity index (χ3n) is 2.69. The minimum Gasteiger partial charge on any atom is -0.481 e. The first-order chi connectivity index (χ1) is 6.63. The van der Waals surface area contributed by atoms with Crippen molar-refractivity contribution in [1.29, 1.82) is 0 Å². The summed E-state index contributed by atoms with van der Waals surface area (Å²) in [5.41, 5.74) is -2.26. The van der Waals surface area contributed by atoms with Gasteiger partial charge in [-0.1, -0.05) is 6.08 Å². The van der Waals surface area contributed by atoms with Gasteiger partial charge in [0.05, 0.1) is 17.1 Å². The summed E-state index contributed by atoms with van der Waals surface area (Å²) in [5, 5.41) is 28.0. The molecule has 0 rings (SSSR count). The molecule has 0 aromatic heterocycles. The third-order valence-corrected chi connectivity index (χ3v) is 2.69. The highest BCUT2D eigenvalue weighted by Crippen LogP contribution is 2.27. The van der Waals surface area contributed by atoms with Gasteiger partial charge >= 0.3 is 5.97 Å². The number of hydrogen-bond donors (Lipinski definition) is 3. The van der Waals surface area contributed by atoms with Crippen molar-refractivity contribution in [2.45, 2.75) is 45.3 Å². The molecule has 0 aliphatic rings. The molecular weight excluding hydrogens is 196 g/mol. The minimum absolute atomic E-state index is 0.221.